The fourth-order valence-electron chi connectivity index (χ4n) is 3.35. The van der Waals surface area contributed by atoms with E-state index in [2.05, 4.69) is 31.2 Å². The lowest BCUT2D eigenvalue weighted by atomic mass is 10.1. The monoisotopic (exact) mass is 464 g/mol. The molecule has 1 aliphatic rings. The molecule has 2 aromatic rings. The van der Waals surface area contributed by atoms with E-state index >= 15 is 0 Å². The van der Waals surface area contributed by atoms with Crippen LogP contribution in [-0.4, -0.2) is 60.0 Å². The molecule has 1 amide bonds. The van der Waals surface area contributed by atoms with Crippen LogP contribution in [-0.2, 0) is 16.6 Å². The van der Waals surface area contributed by atoms with E-state index in [0.717, 1.165) is 46.8 Å². The van der Waals surface area contributed by atoms with Crippen molar-refractivity contribution in [2.75, 3.05) is 38.7 Å². The predicted octanol–water partition coefficient (Wildman–Crippen LogP) is 3.54. The number of carbonyl (C=O) groups excluding carboxylic acids is 1. The molecule has 0 aliphatic carbocycles. The first-order valence-corrected chi connectivity index (χ1v) is 10.7. The minimum Gasteiger partial charge on any atom is -0.492 e. The van der Waals surface area contributed by atoms with Crippen LogP contribution in [0.4, 0.5) is 5.69 Å². The summed E-state index contributed by atoms with van der Waals surface area (Å²) in [5, 5.41) is 7.30. The molecular weight excluding hydrogens is 436 g/mol. The minimum absolute atomic E-state index is 0.00849. The summed E-state index contributed by atoms with van der Waals surface area (Å²) in [4.78, 5) is 14.5. The maximum Gasteiger partial charge on any atom is 0.224 e. The normalized spacial score (nSPS) is 14.8. The quantitative estimate of drug-likeness (QED) is 0.614. The number of ether oxygens (including phenoxy) is 2. The van der Waals surface area contributed by atoms with Crippen molar-refractivity contribution in [3.63, 3.8) is 0 Å². The second kappa shape index (κ2) is 9.73. The van der Waals surface area contributed by atoms with Gasteiger partial charge in [-0.25, -0.2) is 0 Å². The molecule has 8 heteroatoms. The number of aryl methyl sites for hydroxylation is 1. The van der Waals surface area contributed by atoms with Crippen LogP contribution in [0, 0.1) is 5.92 Å². The molecule has 0 atom stereocenters. The van der Waals surface area contributed by atoms with Gasteiger partial charge in [0.15, 0.2) is 0 Å². The van der Waals surface area contributed by atoms with Crippen LogP contribution in [0.15, 0.2) is 28.9 Å². The van der Waals surface area contributed by atoms with Gasteiger partial charge in [0.25, 0.3) is 0 Å². The van der Waals surface area contributed by atoms with Gasteiger partial charge in [0, 0.05) is 51.5 Å². The smallest absolute Gasteiger partial charge is 0.224 e. The maximum absolute atomic E-state index is 12.2. The lowest BCUT2D eigenvalue weighted by Gasteiger charge is -2.37. The molecule has 0 bridgehead atoms. The highest BCUT2D eigenvalue weighted by molar-refractivity contribution is 9.10. The Morgan fingerprint density at radius 3 is 2.76 bits per heavy atom. The zero-order valence-electron chi connectivity index (χ0n) is 17.4. The lowest BCUT2D eigenvalue weighted by Crippen LogP contribution is -2.52. The number of hydrogen-bond acceptors (Lipinski definition) is 5. The number of methoxy groups -OCH3 is 1. The Kier molecular flexibility index (Phi) is 7.32. The van der Waals surface area contributed by atoms with Crippen LogP contribution in [0.2, 0.25) is 0 Å². The number of nitrogens with one attached hydrogen (secondary N) is 1. The summed E-state index contributed by atoms with van der Waals surface area (Å²) in [5.41, 5.74) is 2.54. The molecule has 1 aromatic carbocycles. The van der Waals surface area contributed by atoms with Gasteiger partial charge in [0.1, 0.15) is 12.4 Å². The van der Waals surface area contributed by atoms with E-state index in [-0.39, 0.29) is 5.91 Å². The first-order chi connectivity index (χ1) is 13.9. The molecule has 0 spiro atoms. The Bertz CT molecular complexity index is 827. The molecule has 0 radical (unpaired) electrons. The first kappa shape index (κ1) is 21.8. The van der Waals surface area contributed by atoms with Crippen LogP contribution >= 0.6 is 15.9 Å². The SMILES string of the molecule is COC1CN(CCOc2ccc(NC(=O)CC(C)C)cc2-c2c(Br)cnn2C)C1. The lowest BCUT2D eigenvalue weighted by molar-refractivity contribution is -0.116. The zero-order valence-corrected chi connectivity index (χ0v) is 19.0. The molecule has 1 fully saturated rings. The zero-order chi connectivity index (χ0) is 21.0. The number of halogens is 1. The maximum atomic E-state index is 12.2. The van der Waals surface area contributed by atoms with Gasteiger partial charge in [-0.3, -0.25) is 14.4 Å². The molecule has 0 unspecified atom stereocenters. The minimum atomic E-state index is 0.00849. The topological polar surface area (TPSA) is 68.6 Å². The number of amides is 1. The summed E-state index contributed by atoms with van der Waals surface area (Å²) in [5.74, 6) is 1.08. The first-order valence-electron chi connectivity index (χ1n) is 9.87. The second-order valence-corrected chi connectivity index (χ2v) is 8.64. The number of carbonyl (C=O) groups is 1. The number of likely N-dealkylation sites (tertiary alicyclic amines) is 1. The summed E-state index contributed by atoms with van der Waals surface area (Å²) < 4.78 is 14.1. The number of anilines is 1. The van der Waals surface area contributed by atoms with Crippen molar-refractivity contribution in [1.29, 1.82) is 0 Å². The summed E-state index contributed by atoms with van der Waals surface area (Å²) in [6.45, 7) is 7.38. The van der Waals surface area contributed by atoms with E-state index in [9.17, 15) is 4.79 Å². The number of rotatable bonds is 9. The van der Waals surface area contributed by atoms with Crippen molar-refractivity contribution < 1.29 is 14.3 Å². The Morgan fingerprint density at radius 2 is 2.14 bits per heavy atom. The van der Waals surface area contributed by atoms with E-state index in [1.807, 2.05) is 39.1 Å². The van der Waals surface area contributed by atoms with Gasteiger partial charge in [-0.15, -0.1) is 0 Å². The molecule has 1 saturated heterocycles. The Balaban J connectivity index is 1.75. The van der Waals surface area contributed by atoms with Crippen molar-refractivity contribution in [2.45, 2.75) is 26.4 Å². The third-order valence-electron chi connectivity index (χ3n) is 4.93. The standard InChI is InChI=1S/C21H29BrN4O3/c1-14(2)9-20(27)24-15-5-6-19(29-8-7-26-12-16(13-26)28-4)17(10-15)21-18(22)11-23-25(21)3/h5-6,10-11,14,16H,7-9,12-13H2,1-4H3,(H,24,27). The van der Waals surface area contributed by atoms with Gasteiger partial charge in [-0.1, -0.05) is 13.8 Å². The molecule has 7 nitrogen and oxygen atoms in total. The van der Waals surface area contributed by atoms with Crippen LogP contribution < -0.4 is 10.1 Å². The Labute approximate surface area is 180 Å². The third-order valence-corrected chi connectivity index (χ3v) is 5.51. The molecular formula is C21H29BrN4O3. The molecule has 1 aliphatic heterocycles. The summed E-state index contributed by atoms with van der Waals surface area (Å²) in [6, 6.07) is 5.74. The number of aromatic nitrogens is 2. The number of hydrogen-bond donors (Lipinski definition) is 1. The van der Waals surface area contributed by atoms with Gasteiger partial charge in [-0.2, -0.15) is 5.10 Å². The Morgan fingerprint density at radius 1 is 1.38 bits per heavy atom. The second-order valence-electron chi connectivity index (χ2n) is 7.79. The van der Waals surface area contributed by atoms with E-state index < -0.39 is 0 Å². The van der Waals surface area contributed by atoms with Crippen molar-refractivity contribution in [1.82, 2.24) is 14.7 Å². The van der Waals surface area contributed by atoms with Crippen molar-refractivity contribution in [2.24, 2.45) is 13.0 Å². The predicted molar refractivity (Wildman–Crippen MR) is 117 cm³/mol. The van der Waals surface area contributed by atoms with Crippen LogP contribution in [0.3, 0.4) is 0 Å². The number of benzene rings is 1. The van der Waals surface area contributed by atoms with Crippen LogP contribution in [0.5, 0.6) is 5.75 Å². The largest absolute Gasteiger partial charge is 0.492 e. The highest BCUT2D eigenvalue weighted by Gasteiger charge is 2.26. The van der Waals surface area contributed by atoms with Crippen LogP contribution in [0.1, 0.15) is 20.3 Å². The summed E-state index contributed by atoms with van der Waals surface area (Å²) in [7, 11) is 3.64. The van der Waals surface area contributed by atoms with Gasteiger partial charge in [-0.05, 0) is 40.0 Å². The van der Waals surface area contributed by atoms with Crippen molar-refractivity contribution >= 4 is 27.5 Å². The van der Waals surface area contributed by atoms with Gasteiger partial charge >= 0.3 is 0 Å². The molecule has 2 heterocycles. The summed E-state index contributed by atoms with van der Waals surface area (Å²) >= 11 is 3.57. The average molecular weight is 465 g/mol. The van der Waals surface area contributed by atoms with E-state index in [0.29, 0.717) is 25.0 Å². The highest BCUT2D eigenvalue weighted by atomic mass is 79.9. The average Bonchev–Trinajstić information content (AvgIpc) is 2.95. The van der Waals surface area contributed by atoms with E-state index in [1.54, 1.807) is 18.0 Å². The molecule has 3 rings (SSSR count). The fraction of sp³-hybridized carbons (Fsp3) is 0.524. The van der Waals surface area contributed by atoms with Crippen molar-refractivity contribution in [3.8, 4) is 17.0 Å². The van der Waals surface area contributed by atoms with E-state index in [4.69, 9.17) is 9.47 Å². The summed E-state index contributed by atoms with van der Waals surface area (Å²) in [6.07, 6.45) is 2.58. The molecule has 158 valence electrons. The molecule has 1 N–H and O–H groups in total. The van der Waals surface area contributed by atoms with Gasteiger partial charge in [0.2, 0.25) is 5.91 Å². The van der Waals surface area contributed by atoms with Gasteiger partial charge < -0.3 is 14.8 Å². The molecule has 0 saturated carbocycles. The highest BCUT2D eigenvalue weighted by Crippen LogP contribution is 2.36. The fourth-order valence-corrected chi connectivity index (χ4v) is 3.92. The van der Waals surface area contributed by atoms with Gasteiger partial charge in [0.05, 0.1) is 22.5 Å². The van der Waals surface area contributed by atoms with E-state index in [1.165, 1.54) is 0 Å². The van der Waals surface area contributed by atoms with Crippen molar-refractivity contribution in [3.05, 3.63) is 28.9 Å². The molecule has 29 heavy (non-hydrogen) atoms. The molecule has 1 aromatic heterocycles. The Hall–Kier alpha value is -1.90. The third kappa shape index (κ3) is 5.58. The number of nitrogens with zero attached hydrogens (tertiary/aromatic N) is 3. The van der Waals surface area contributed by atoms with Crippen LogP contribution in [0.25, 0.3) is 11.3 Å².